The number of non-ortho nitro benzene ring substituents is 1. The number of aryl methyl sites for hydroxylation is 1. The maximum Gasteiger partial charge on any atom is 0.270 e. The molecule has 0 saturated heterocycles. The zero-order valence-corrected chi connectivity index (χ0v) is 15.2. The smallest absolute Gasteiger partial charge is 0.270 e. The molecule has 2 heterocycles. The van der Waals surface area contributed by atoms with E-state index in [1.807, 2.05) is 23.6 Å². The van der Waals surface area contributed by atoms with Crippen molar-refractivity contribution in [1.82, 2.24) is 4.98 Å². The van der Waals surface area contributed by atoms with E-state index in [9.17, 15) is 14.9 Å². The van der Waals surface area contributed by atoms with E-state index in [1.54, 1.807) is 13.0 Å². The summed E-state index contributed by atoms with van der Waals surface area (Å²) >= 11 is 1.31. The van der Waals surface area contributed by atoms with E-state index in [2.05, 4.69) is 10.3 Å². The van der Waals surface area contributed by atoms with Crippen LogP contribution in [-0.4, -0.2) is 22.4 Å². The van der Waals surface area contributed by atoms with Gasteiger partial charge in [-0.3, -0.25) is 20.2 Å². The number of hydrogen-bond acceptors (Lipinski definition) is 6. The zero-order chi connectivity index (χ0) is 19.0. The van der Waals surface area contributed by atoms with Gasteiger partial charge in [-0.15, -0.1) is 11.3 Å². The molecule has 0 aliphatic carbocycles. The predicted octanol–water partition coefficient (Wildman–Crippen LogP) is 4.21. The van der Waals surface area contributed by atoms with Crippen LogP contribution in [0.4, 0.5) is 10.8 Å². The van der Waals surface area contributed by atoms with Crippen LogP contribution in [0.25, 0.3) is 11.3 Å². The lowest BCUT2D eigenvalue weighted by molar-refractivity contribution is -0.384. The average molecular weight is 381 g/mol. The molecule has 0 radical (unpaired) electrons. The molecule has 1 aliphatic heterocycles. The molecule has 1 N–H and O–H groups in total. The Bertz CT molecular complexity index is 1060. The molecule has 7 nitrogen and oxygen atoms in total. The molecule has 2 aromatic carbocycles. The summed E-state index contributed by atoms with van der Waals surface area (Å²) in [5.74, 6) is 0.489. The standard InChI is InChI=1S/C19H15N3O4S/c1-11-2-4-14(22(24)25)9-15(11)18(23)21-19-20-16(10-27-19)12-3-5-17-13(8-12)6-7-26-17/h2-5,8-10H,6-7H2,1H3,(H,20,21,23). The summed E-state index contributed by atoms with van der Waals surface area (Å²) in [7, 11) is 0. The van der Waals surface area contributed by atoms with Crippen molar-refractivity contribution >= 4 is 28.1 Å². The van der Waals surface area contributed by atoms with E-state index in [1.165, 1.54) is 23.5 Å². The molecule has 0 bridgehead atoms. The first kappa shape index (κ1) is 17.2. The number of nitro benzene ring substituents is 1. The highest BCUT2D eigenvalue weighted by Crippen LogP contribution is 2.32. The minimum Gasteiger partial charge on any atom is -0.493 e. The highest BCUT2D eigenvalue weighted by molar-refractivity contribution is 7.14. The first-order chi connectivity index (χ1) is 13.0. The molecular weight excluding hydrogens is 366 g/mol. The minimum absolute atomic E-state index is 0.120. The fraction of sp³-hybridized carbons (Fsp3) is 0.158. The van der Waals surface area contributed by atoms with Crippen LogP contribution < -0.4 is 10.1 Å². The number of carbonyl (C=O) groups excluding carboxylic acids is 1. The Morgan fingerprint density at radius 2 is 2.15 bits per heavy atom. The van der Waals surface area contributed by atoms with Crippen molar-refractivity contribution in [1.29, 1.82) is 0 Å². The maximum atomic E-state index is 12.5. The van der Waals surface area contributed by atoms with Crippen molar-refractivity contribution in [2.45, 2.75) is 13.3 Å². The second kappa shape index (κ2) is 6.81. The lowest BCUT2D eigenvalue weighted by atomic mass is 10.1. The second-order valence-corrected chi connectivity index (χ2v) is 7.03. The molecule has 1 aliphatic rings. The van der Waals surface area contributed by atoms with Gasteiger partial charge in [0.05, 0.1) is 17.2 Å². The molecule has 8 heteroatoms. The Balaban J connectivity index is 1.55. The number of hydrogen-bond donors (Lipinski definition) is 1. The number of nitrogens with one attached hydrogen (secondary N) is 1. The van der Waals surface area contributed by atoms with E-state index in [0.717, 1.165) is 29.0 Å². The topological polar surface area (TPSA) is 94.4 Å². The van der Waals surface area contributed by atoms with Gasteiger partial charge in [0.15, 0.2) is 5.13 Å². The molecule has 136 valence electrons. The van der Waals surface area contributed by atoms with Gasteiger partial charge in [-0.2, -0.15) is 0 Å². The summed E-state index contributed by atoms with van der Waals surface area (Å²) in [6.45, 7) is 2.43. The van der Waals surface area contributed by atoms with E-state index < -0.39 is 10.8 Å². The Morgan fingerprint density at radius 3 is 2.96 bits per heavy atom. The van der Waals surface area contributed by atoms with Crippen LogP contribution in [0.15, 0.2) is 41.8 Å². The van der Waals surface area contributed by atoms with Crippen molar-refractivity contribution in [2.24, 2.45) is 0 Å². The third-order valence-electron chi connectivity index (χ3n) is 4.39. The molecule has 0 unspecified atom stereocenters. The lowest BCUT2D eigenvalue weighted by Crippen LogP contribution is -2.13. The van der Waals surface area contributed by atoms with Crippen molar-refractivity contribution in [2.75, 3.05) is 11.9 Å². The van der Waals surface area contributed by atoms with E-state index >= 15 is 0 Å². The highest BCUT2D eigenvalue weighted by atomic mass is 32.1. The molecule has 0 saturated carbocycles. The SMILES string of the molecule is Cc1ccc([N+](=O)[O-])cc1C(=O)Nc1nc(-c2ccc3c(c2)CCO3)cs1. The predicted molar refractivity (Wildman–Crippen MR) is 103 cm³/mol. The Labute approximate surface area is 158 Å². The first-order valence-corrected chi connectivity index (χ1v) is 9.17. The van der Waals surface area contributed by atoms with Gasteiger partial charge in [-0.1, -0.05) is 6.07 Å². The summed E-state index contributed by atoms with van der Waals surface area (Å²) in [4.78, 5) is 27.4. The molecule has 3 aromatic rings. The number of nitro groups is 1. The summed E-state index contributed by atoms with van der Waals surface area (Å²) in [6.07, 6.45) is 0.878. The number of thiazole rings is 1. The Morgan fingerprint density at radius 1 is 1.30 bits per heavy atom. The molecule has 1 amide bonds. The lowest BCUT2D eigenvalue weighted by Gasteiger charge is -2.05. The van der Waals surface area contributed by atoms with Gasteiger partial charge in [0.1, 0.15) is 5.75 Å². The van der Waals surface area contributed by atoms with Gasteiger partial charge >= 0.3 is 0 Å². The summed E-state index contributed by atoms with van der Waals surface area (Å²) in [5, 5.41) is 16.0. The maximum absolute atomic E-state index is 12.5. The van der Waals surface area contributed by atoms with Crippen LogP contribution in [0, 0.1) is 17.0 Å². The normalized spacial score (nSPS) is 12.3. The van der Waals surface area contributed by atoms with E-state index in [0.29, 0.717) is 17.3 Å². The van der Waals surface area contributed by atoms with Crippen molar-refractivity contribution < 1.29 is 14.5 Å². The van der Waals surface area contributed by atoms with Crippen LogP contribution in [0.1, 0.15) is 21.5 Å². The van der Waals surface area contributed by atoms with Crippen LogP contribution >= 0.6 is 11.3 Å². The van der Waals surface area contributed by atoms with E-state index in [-0.39, 0.29) is 11.3 Å². The number of amides is 1. The van der Waals surface area contributed by atoms with Crippen LogP contribution in [0.3, 0.4) is 0 Å². The number of aromatic nitrogens is 1. The number of ether oxygens (including phenoxy) is 1. The van der Waals surface area contributed by atoms with Gasteiger partial charge in [0, 0.05) is 35.1 Å². The molecule has 4 rings (SSSR count). The number of carbonyl (C=O) groups is 1. The zero-order valence-electron chi connectivity index (χ0n) is 14.4. The number of fused-ring (bicyclic) bond motifs is 1. The van der Waals surface area contributed by atoms with E-state index in [4.69, 9.17) is 4.74 Å². The molecule has 0 spiro atoms. The monoisotopic (exact) mass is 381 g/mol. The van der Waals surface area contributed by atoms with Gasteiger partial charge in [0.25, 0.3) is 11.6 Å². The Hall–Kier alpha value is -3.26. The van der Waals surface area contributed by atoms with Gasteiger partial charge < -0.3 is 4.74 Å². The van der Waals surface area contributed by atoms with Crippen molar-refractivity contribution in [3.8, 4) is 17.0 Å². The summed E-state index contributed by atoms with van der Waals surface area (Å²) < 4.78 is 5.51. The van der Waals surface area contributed by atoms with Gasteiger partial charge in [-0.25, -0.2) is 4.98 Å². The molecule has 0 atom stereocenters. The third-order valence-corrected chi connectivity index (χ3v) is 5.14. The first-order valence-electron chi connectivity index (χ1n) is 8.29. The van der Waals surface area contributed by atoms with Gasteiger partial charge in [-0.05, 0) is 36.2 Å². The van der Waals surface area contributed by atoms with Gasteiger partial charge in [0.2, 0.25) is 0 Å². The second-order valence-electron chi connectivity index (χ2n) is 6.17. The number of anilines is 1. The average Bonchev–Trinajstić information content (AvgIpc) is 3.30. The van der Waals surface area contributed by atoms with Crippen LogP contribution in [0.2, 0.25) is 0 Å². The largest absolute Gasteiger partial charge is 0.493 e. The van der Waals surface area contributed by atoms with Crippen LogP contribution in [-0.2, 0) is 6.42 Å². The number of benzene rings is 2. The fourth-order valence-corrected chi connectivity index (χ4v) is 3.66. The number of rotatable bonds is 4. The third kappa shape index (κ3) is 3.39. The summed E-state index contributed by atoms with van der Waals surface area (Å²) in [6, 6.07) is 10.1. The van der Waals surface area contributed by atoms with Crippen LogP contribution in [0.5, 0.6) is 5.75 Å². The molecule has 27 heavy (non-hydrogen) atoms. The molecule has 0 fully saturated rings. The fourth-order valence-electron chi connectivity index (χ4n) is 2.94. The number of nitrogens with zero attached hydrogens (tertiary/aromatic N) is 2. The molecule has 1 aromatic heterocycles. The van der Waals surface area contributed by atoms with Crippen molar-refractivity contribution in [3.05, 3.63) is 68.6 Å². The summed E-state index contributed by atoms with van der Waals surface area (Å²) in [5.41, 5.74) is 3.68. The Kier molecular flexibility index (Phi) is 4.33. The highest BCUT2D eigenvalue weighted by Gasteiger charge is 2.17. The quantitative estimate of drug-likeness (QED) is 0.539. The molecular formula is C19H15N3O4S. The minimum atomic E-state index is -0.519. The van der Waals surface area contributed by atoms with Crippen molar-refractivity contribution in [3.63, 3.8) is 0 Å².